The highest BCUT2D eigenvalue weighted by Gasteiger charge is 2.07. The summed E-state index contributed by atoms with van der Waals surface area (Å²) in [5.41, 5.74) is 1.09. The molecular formula is C12H13ClO. The van der Waals surface area contributed by atoms with Crippen molar-refractivity contribution in [1.82, 2.24) is 0 Å². The van der Waals surface area contributed by atoms with Gasteiger partial charge in [-0.3, -0.25) is 0 Å². The molecule has 0 bridgehead atoms. The molecule has 0 aliphatic heterocycles. The topological polar surface area (TPSA) is 9.23 Å². The monoisotopic (exact) mass is 208 g/mol. The lowest BCUT2D eigenvalue weighted by molar-refractivity contribution is 0.364. The van der Waals surface area contributed by atoms with Crippen LogP contribution >= 0.6 is 11.6 Å². The number of hydrogen-bond donors (Lipinski definition) is 0. The standard InChI is InChI=1S/C12H13ClO/c1-4-7-14-12-6-5-10(13)8-11(12)9(2)3/h1,5-6,8-9H,7H2,2-3H3. The summed E-state index contributed by atoms with van der Waals surface area (Å²) in [5, 5.41) is 0.724. The minimum Gasteiger partial charge on any atom is -0.481 e. The van der Waals surface area contributed by atoms with Gasteiger partial charge in [-0.15, -0.1) is 6.42 Å². The number of rotatable bonds is 3. The zero-order valence-corrected chi connectivity index (χ0v) is 9.14. The van der Waals surface area contributed by atoms with E-state index >= 15 is 0 Å². The number of hydrogen-bond acceptors (Lipinski definition) is 1. The molecule has 0 aromatic heterocycles. The van der Waals surface area contributed by atoms with Gasteiger partial charge in [-0.2, -0.15) is 0 Å². The maximum Gasteiger partial charge on any atom is 0.148 e. The van der Waals surface area contributed by atoms with Gasteiger partial charge in [0.25, 0.3) is 0 Å². The van der Waals surface area contributed by atoms with Crippen LogP contribution in [0.1, 0.15) is 25.3 Å². The Balaban J connectivity index is 2.97. The average Bonchev–Trinajstić information content (AvgIpc) is 2.15. The Bertz CT molecular complexity index is 350. The van der Waals surface area contributed by atoms with Crippen molar-refractivity contribution >= 4 is 11.6 Å². The molecule has 0 amide bonds. The fourth-order valence-electron chi connectivity index (χ4n) is 1.22. The average molecular weight is 209 g/mol. The number of benzene rings is 1. The van der Waals surface area contributed by atoms with E-state index in [-0.39, 0.29) is 0 Å². The smallest absolute Gasteiger partial charge is 0.148 e. The number of halogens is 1. The molecule has 1 rings (SSSR count). The van der Waals surface area contributed by atoms with E-state index in [9.17, 15) is 0 Å². The van der Waals surface area contributed by atoms with Gasteiger partial charge in [-0.05, 0) is 29.7 Å². The lowest BCUT2D eigenvalue weighted by atomic mass is 10.0. The van der Waals surface area contributed by atoms with Crippen molar-refractivity contribution in [2.75, 3.05) is 6.61 Å². The molecule has 0 radical (unpaired) electrons. The highest BCUT2D eigenvalue weighted by molar-refractivity contribution is 6.30. The zero-order chi connectivity index (χ0) is 10.6. The van der Waals surface area contributed by atoms with Crippen LogP contribution in [-0.2, 0) is 0 Å². The summed E-state index contributed by atoms with van der Waals surface area (Å²) < 4.78 is 5.41. The molecule has 14 heavy (non-hydrogen) atoms. The van der Waals surface area contributed by atoms with E-state index in [1.165, 1.54) is 0 Å². The summed E-state index contributed by atoms with van der Waals surface area (Å²) >= 11 is 5.90. The Morgan fingerprint density at radius 1 is 1.50 bits per heavy atom. The molecule has 1 aromatic carbocycles. The van der Waals surface area contributed by atoms with Crippen molar-refractivity contribution in [1.29, 1.82) is 0 Å². The van der Waals surface area contributed by atoms with Crippen LogP contribution in [0.4, 0.5) is 0 Å². The first kappa shape index (κ1) is 10.9. The van der Waals surface area contributed by atoms with Crippen LogP contribution in [-0.4, -0.2) is 6.61 Å². The van der Waals surface area contributed by atoms with E-state index in [0.717, 1.165) is 16.3 Å². The largest absolute Gasteiger partial charge is 0.481 e. The van der Waals surface area contributed by atoms with Crippen LogP contribution in [0.15, 0.2) is 18.2 Å². The third-order valence-corrected chi connectivity index (χ3v) is 2.14. The van der Waals surface area contributed by atoms with Crippen molar-refractivity contribution in [2.45, 2.75) is 19.8 Å². The Morgan fingerprint density at radius 2 is 2.21 bits per heavy atom. The molecule has 0 fully saturated rings. The molecule has 0 saturated heterocycles. The number of terminal acetylenes is 1. The predicted octanol–water partition coefficient (Wildman–Crippen LogP) is 3.48. The second-order valence-corrected chi connectivity index (χ2v) is 3.77. The first-order valence-corrected chi connectivity index (χ1v) is 4.88. The third kappa shape index (κ3) is 2.68. The zero-order valence-electron chi connectivity index (χ0n) is 8.38. The molecule has 0 spiro atoms. The second kappa shape index (κ2) is 4.93. The molecule has 0 saturated carbocycles. The lowest BCUT2D eigenvalue weighted by Gasteiger charge is -2.12. The summed E-state index contributed by atoms with van der Waals surface area (Å²) in [4.78, 5) is 0. The maximum absolute atomic E-state index is 5.90. The quantitative estimate of drug-likeness (QED) is 0.692. The van der Waals surface area contributed by atoms with E-state index in [1.807, 2.05) is 12.1 Å². The Hall–Kier alpha value is -1.13. The van der Waals surface area contributed by atoms with Crippen molar-refractivity contribution in [3.05, 3.63) is 28.8 Å². The molecule has 0 unspecified atom stereocenters. The van der Waals surface area contributed by atoms with E-state index in [4.69, 9.17) is 22.8 Å². The van der Waals surface area contributed by atoms with Crippen molar-refractivity contribution in [3.63, 3.8) is 0 Å². The van der Waals surface area contributed by atoms with Crippen LogP contribution in [0.2, 0.25) is 5.02 Å². The van der Waals surface area contributed by atoms with Gasteiger partial charge in [-0.25, -0.2) is 0 Å². The van der Waals surface area contributed by atoms with Crippen molar-refractivity contribution in [2.24, 2.45) is 0 Å². The molecule has 1 aromatic rings. The fraction of sp³-hybridized carbons (Fsp3) is 0.333. The molecular weight excluding hydrogens is 196 g/mol. The normalized spacial score (nSPS) is 9.93. The van der Waals surface area contributed by atoms with Gasteiger partial charge >= 0.3 is 0 Å². The van der Waals surface area contributed by atoms with E-state index in [1.54, 1.807) is 6.07 Å². The van der Waals surface area contributed by atoms with Gasteiger partial charge in [-0.1, -0.05) is 31.4 Å². The summed E-state index contributed by atoms with van der Waals surface area (Å²) in [5.74, 6) is 3.64. The molecule has 0 atom stereocenters. The van der Waals surface area contributed by atoms with Crippen LogP contribution in [0, 0.1) is 12.3 Å². The molecule has 0 aliphatic rings. The van der Waals surface area contributed by atoms with Gasteiger partial charge < -0.3 is 4.74 Å². The Morgan fingerprint density at radius 3 is 2.79 bits per heavy atom. The summed E-state index contributed by atoms with van der Waals surface area (Å²) in [7, 11) is 0. The second-order valence-electron chi connectivity index (χ2n) is 3.33. The summed E-state index contributed by atoms with van der Waals surface area (Å²) in [6.45, 7) is 4.48. The molecule has 0 N–H and O–H groups in total. The van der Waals surface area contributed by atoms with Crippen molar-refractivity contribution < 1.29 is 4.74 Å². The molecule has 1 nitrogen and oxygen atoms in total. The SMILES string of the molecule is C#CCOc1ccc(Cl)cc1C(C)C. The first-order chi connectivity index (χ1) is 6.65. The van der Waals surface area contributed by atoms with E-state index < -0.39 is 0 Å². The fourth-order valence-corrected chi connectivity index (χ4v) is 1.40. The first-order valence-electron chi connectivity index (χ1n) is 4.51. The van der Waals surface area contributed by atoms with Gasteiger partial charge in [0.15, 0.2) is 0 Å². The summed E-state index contributed by atoms with van der Waals surface area (Å²) in [6, 6.07) is 5.58. The minimum atomic E-state index is 0.293. The van der Waals surface area contributed by atoms with Gasteiger partial charge in [0.2, 0.25) is 0 Å². The molecule has 0 heterocycles. The predicted molar refractivity (Wildman–Crippen MR) is 59.9 cm³/mol. The Labute approximate surface area is 90.0 Å². The van der Waals surface area contributed by atoms with Crippen LogP contribution < -0.4 is 4.74 Å². The lowest BCUT2D eigenvalue weighted by Crippen LogP contribution is -1.99. The molecule has 0 aliphatic carbocycles. The number of ether oxygens (including phenoxy) is 1. The summed E-state index contributed by atoms with van der Waals surface area (Å²) in [6.07, 6.45) is 5.13. The van der Waals surface area contributed by atoms with Crippen LogP contribution in [0.25, 0.3) is 0 Å². The molecule has 74 valence electrons. The van der Waals surface area contributed by atoms with Crippen LogP contribution in [0.3, 0.4) is 0 Å². The van der Waals surface area contributed by atoms with Crippen molar-refractivity contribution in [3.8, 4) is 18.1 Å². The van der Waals surface area contributed by atoms with E-state index in [0.29, 0.717) is 12.5 Å². The van der Waals surface area contributed by atoms with Gasteiger partial charge in [0.1, 0.15) is 12.4 Å². The highest BCUT2D eigenvalue weighted by Crippen LogP contribution is 2.29. The van der Waals surface area contributed by atoms with Gasteiger partial charge in [0.05, 0.1) is 0 Å². The van der Waals surface area contributed by atoms with Gasteiger partial charge in [0, 0.05) is 5.02 Å². The minimum absolute atomic E-state index is 0.293. The molecule has 2 heteroatoms. The van der Waals surface area contributed by atoms with E-state index in [2.05, 4.69) is 19.8 Å². The highest BCUT2D eigenvalue weighted by atomic mass is 35.5. The maximum atomic E-state index is 5.90. The van der Waals surface area contributed by atoms with Crippen LogP contribution in [0.5, 0.6) is 5.75 Å². The third-order valence-electron chi connectivity index (χ3n) is 1.90. The Kier molecular flexibility index (Phi) is 3.85.